The summed E-state index contributed by atoms with van der Waals surface area (Å²) in [7, 11) is 16.5. The average Bonchev–Trinajstić information content (AvgIpc) is 2.54. The summed E-state index contributed by atoms with van der Waals surface area (Å²) in [6, 6.07) is 0. The third-order valence-electron chi connectivity index (χ3n) is 1.40. The monoisotopic (exact) mass is 549 g/mol. The van der Waals surface area contributed by atoms with Crippen LogP contribution < -0.4 is 20.1 Å². The van der Waals surface area contributed by atoms with Gasteiger partial charge < -0.3 is 20.4 Å². The minimum Gasteiger partial charge on any atom is -0.323 e. The fourth-order valence-electron chi connectivity index (χ4n) is 0. The van der Waals surface area contributed by atoms with Crippen molar-refractivity contribution in [3.63, 3.8) is 0 Å². The molecule has 0 aliphatic carbocycles. The van der Waals surface area contributed by atoms with Gasteiger partial charge in [-0.05, 0) is 84.6 Å². The fraction of sp³-hybridized carbons (Fsp3) is 1.00. The molecular formula is C17H55N7O6S3. The highest BCUT2D eigenvalue weighted by Gasteiger charge is 2.00. The van der Waals surface area contributed by atoms with Crippen molar-refractivity contribution >= 4 is 30.1 Å². The number of sulfonamides is 3. The first kappa shape index (κ1) is 49.6. The van der Waals surface area contributed by atoms with Crippen LogP contribution in [0.2, 0.25) is 0 Å². The highest BCUT2D eigenvalue weighted by atomic mass is 32.2. The fourth-order valence-corrected chi connectivity index (χ4v) is 0. The molecule has 0 aliphatic heterocycles. The maximum atomic E-state index is 10.3. The van der Waals surface area contributed by atoms with E-state index in [2.05, 4.69) is 20.1 Å². The van der Waals surface area contributed by atoms with Crippen LogP contribution in [0.3, 0.4) is 0 Å². The second-order valence-corrected chi connectivity index (χ2v) is 13.3. The predicted molar refractivity (Wildman–Crippen MR) is 146 cm³/mol. The number of hydrogen-bond acceptors (Lipinski definition) is 10. The van der Waals surface area contributed by atoms with Crippen molar-refractivity contribution in [3.8, 4) is 0 Å². The molecule has 0 aromatic carbocycles. The standard InChI is InChI=1S/C3H9NO2S.2C3H9N.2C2H7NO2S.2C2H7N/c1-4(2)7(3,5)6;2*1-4(2)3;2*1-3-6(2,4)5;2*1-3-2/h1-3H3;2*1-3H3;2*3H,1-2H3;2*3H,1-2H3. The van der Waals surface area contributed by atoms with Crippen molar-refractivity contribution in [2.24, 2.45) is 0 Å². The van der Waals surface area contributed by atoms with E-state index in [0.717, 1.165) is 23.1 Å². The maximum absolute atomic E-state index is 10.3. The van der Waals surface area contributed by atoms with Gasteiger partial charge in [0, 0.05) is 14.1 Å². The van der Waals surface area contributed by atoms with Crippen molar-refractivity contribution in [2.75, 3.05) is 117 Å². The Morgan fingerprint density at radius 1 is 0.455 bits per heavy atom. The average molecular weight is 550 g/mol. The van der Waals surface area contributed by atoms with Crippen molar-refractivity contribution in [1.82, 2.24) is 34.2 Å². The van der Waals surface area contributed by atoms with Crippen LogP contribution in [-0.2, 0) is 30.1 Å². The van der Waals surface area contributed by atoms with Gasteiger partial charge >= 0.3 is 0 Å². The molecule has 0 unspecified atom stereocenters. The second-order valence-electron chi connectivity index (χ2n) is 7.18. The highest BCUT2D eigenvalue weighted by molar-refractivity contribution is 7.89. The van der Waals surface area contributed by atoms with E-state index in [0.29, 0.717) is 0 Å². The molecule has 0 fully saturated rings. The zero-order valence-corrected chi connectivity index (χ0v) is 26.5. The van der Waals surface area contributed by atoms with Gasteiger partial charge in [0.1, 0.15) is 0 Å². The molecule has 0 saturated carbocycles. The zero-order chi connectivity index (χ0) is 29.1. The summed E-state index contributed by atoms with van der Waals surface area (Å²) >= 11 is 0. The van der Waals surface area contributed by atoms with E-state index in [-0.39, 0.29) is 0 Å². The van der Waals surface area contributed by atoms with E-state index in [1.54, 1.807) is 0 Å². The summed E-state index contributed by atoms with van der Waals surface area (Å²) in [4.78, 5) is 4.00. The molecule has 0 rings (SSSR count). The van der Waals surface area contributed by atoms with Gasteiger partial charge in [-0.1, -0.05) is 0 Å². The Morgan fingerprint density at radius 3 is 0.515 bits per heavy atom. The second kappa shape index (κ2) is 31.6. The van der Waals surface area contributed by atoms with E-state index in [1.165, 1.54) is 28.2 Å². The minimum atomic E-state index is -2.91. The Kier molecular flexibility index (Phi) is 47.5. The van der Waals surface area contributed by atoms with Crippen molar-refractivity contribution in [1.29, 1.82) is 0 Å². The summed E-state index contributed by atoms with van der Waals surface area (Å²) in [5, 5.41) is 5.50. The van der Waals surface area contributed by atoms with Gasteiger partial charge in [0.15, 0.2) is 0 Å². The first-order valence-electron chi connectivity index (χ1n) is 9.39. The molecule has 33 heavy (non-hydrogen) atoms. The van der Waals surface area contributed by atoms with E-state index in [9.17, 15) is 25.3 Å². The van der Waals surface area contributed by atoms with E-state index >= 15 is 0 Å². The topological polar surface area (TPSA) is 160 Å². The zero-order valence-electron chi connectivity index (χ0n) is 24.0. The van der Waals surface area contributed by atoms with Crippen LogP contribution in [0.25, 0.3) is 0 Å². The van der Waals surface area contributed by atoms with Crippen molar-refractivity contribution in [2.45, 2.75) is 0 Å². The SMILES string of the molecule is CN(C)C.CN(C)C.CN(C)S(C)(=O)=O.CNC.CNC.CNS(C)(=O)=O.CNS(C)(=O)=O. The molecule has 0 spiro atoms. The smallest absolute Gasteiger partial charge is 0.210 e. The van der Waals surface area contributed by atoms with Crippen molar-refractivity contribution in [3.05, 3.63) is 0 Å². The van der Waals surface area contributed by atoms with Gasteiger partial charge in [-0.3, -0.25) is 0 Å². The Morgan fingerprint density at radius 2 is 0.515 bits per heavy atom. The molecule has 0 heterocycles. The summed E-state index contributed by atoms with van der Waals surface area (Å²) in [5.74, 6) is 0. The molecule has 0 aliphatic rings. The van der Waals surface area contributed by atoms with Crippen LogP contribution in [0.5, 0.6) is 0 Å². The summed E-state index contributed by atoms with van der Waals surface area (Å²) in [6.07, 6.45) is 3.37. The van der Waals surface area contributed by atoms with Gasteiger partial charge in [-0.25, -0.2) is 39.0 Å². The highest BCUT2D eigenvalue weighted by Crippen LogP contribution is 1.83. The lowest BCUT2D eigenvalue weighted by molar-refractivity contribution is 0.505. The summed E-state index contributed by atoms with van der Waals surface area (Å²) < 4.78 is 65.4. The molecule has 212 valence electrons. The van der Waals surface area contributed by atoms with Crippen LogP contribution in [0.15, 0.2) is 0 Å². The lowest BCUT2D eigenvalue weighted by atomic mass is 11.0. The third kappa shape index (κ3) is 206. The Balaban J connectivity index is -0.0000000490. The molecule has 0 bridgehead atoms. The quantitative estimate of drug-likeness (QED) is 0.306. The molecule has 0 radical (unpaired) electrons. The van der Waals surface area contributed by atoms with Crippen LogP contribution in [0.4, 0.5) is 0 Å². The van der Waals surface area contributed by atoms with E-state index in [4.69, 9.17) is 0 Å². The number of nitrogens with zero attached hydrogens (tertiary/aromatic N) is 3. The van der Waals surface area contributed by atoms with Crippen LogP contribution >= 0.6 is 0 Å². The normalized spacial score (nSPS) is 10.2. The number of hydrogen-bond donors (Lipinski definition) is 4. The molecular weight excluding hydrogens is 494 g/mol. The third-order valence-corrected chi connectivity index (χ3v) is 4.21. The minimum absolute atomic E-state index is 1.10. The molecule has 0 amide bonds. The lowest BCUT2D eigenvalue weighted by Gasteiger charge is -2.02. The molecule has 0 aromatic rings. The molecule has 0 atom stereocenters. The molecule has 0 saturated heterocycles. The predicted octanol–water partition coefficient (Wildman–Crippen LogP) is -2.13. The van der Waals surface area contributed by atoms with Gasteiger partial charge in [0.05, 0.1) is 18.8 Å². The molecule has 0 aromatic heterocycles. The Labute approximate surface area is 206 Å². The van der Waals surface area contributed by atoms with Gasteiger partial charge in [0.2, 0.25) is 30.1 Å². The first-order chi connectivity index (χ1) is 14.4. The van der Waals surface area contributed by atoms with Crippen LogP contribution in [0, 0.1) is 0 Å². The molecule has 16 heteroatoms. The number of nitrogens with one attached hydrogen (secondary N) is 4. The first-order valence-corrected chi connectivity index (χ1v) is 15.0. The van der Waals surface area contributed by atoms with E-state index in [1.807, 2.05) is 80.3 Å². The largest absolute Gasteiger partial charge is 0.323 e. The van der Waals surface area contributed by atoms with Crippen molar-refractivity contribution < 1.29 is 25.3 Å². The van der Waals surface area contributed by atoms with Gasteiger partial charge in [-0.15, -0.1) is 0 Å². The molecule has 13 nitrogen and oxygen atoms in total. The van der Waals surface area contributed by atoms with Gasteiger partial charge in [0.25, 0.3) is 0 Å². The van der Waals surface area contributed by atoms with E-state index < -0.39 is 30.1 Å². The Hall–Kier alpha value is -0.430. The number of rotatable bonds is 3. The Bertz CT molecular complexity index is 607. The van der Waals surface area contributed by atoms with Gasteiger partial charge in [-0.2, -0.15) is 0 Å². The summed E-state index contributed by atoms with van der Waals surface area (Å²) in [6.45, 7) is 0. The summed E-state index contributed by atoms with van der Waals surface area (Å²) in [5.41, 5.74) is 0. The van der Waals surface area contributed by atoms with Crippen LogP contribution in [0.1, 0.15) is 0 Å². The maximum Gasteiger partial charge on any atom is 0.210 e. The van der Waals surface area contributed by atoms with Crippen LogP contribution in [-0.4, -0.2) is 157 Å². The lowest BCUT2D eigenvalue weighted by Crippen LogP contribution is -2.19. The molecule has 4 N–H and O–H groups in total.